The highest BCUT2D eigenvalue weighted by molar-refractivity contribution is 5.98. The molecule has 0 aliphatic heterocycles. The standard InChI is InChI=1S/C13H12O3/c1-8(7-14)12-10-3-5-15-11(10)6-9-2-4-16-13(9)12/h2-6,8,14H,7H2,1H3. The summed E-state index contributed by atoms with van der Waals surface area (Å²) < 4.78 is 10.9. The zero-order chi connectivity index (χ0) is 11.1. The van der Waals surface area contributed by atoms with Gasteiger partial charge in [-0.25, -0.2) is 0 Å². The Morgan fingerprint density at radius 2 is 2.06 bits per heavy atom. The quantitative estimate of drug-likeness (QED) is 0.715. The highest BCUT2D eigenvalue weighted by atomic mass is 16.3. The van der Waals surface area contributed by atoms with Crippen LogP contribution in [0.4, 0.5) is 0 Å². The van der Waals surface area contributed by atoms with E-state index in [1.165, 1.54) is 0 Å². The van der Waals surface area contributed by atoms with Gasteiger partial charge in [0, 0.05) is 28.9 Å². The number of hydrogen-bond acceptors (Lipinski definition) is 3. The van der Waals surface area contributed by atoms with Crippen LogP contribution in [0.15, 0.2) is 39.6 Å². The van der Waals surface area contributed by atoms with Crippen LogP contribution >= 0.6 is 0 Å². The number of fused-ring (bicyclic) bond motifs is 2. The Labute approximate surface area is 92.3 Å². The van der Waals surface area contributed by atoms with E-state index in [0.717, 1.165) is 27.5 Å². The molecule has 0 saturated carbocycles. The summed E-state index contributed by atoms with van der Waals surface area (Å²) in [6, 6.07) is 5.78. The molecule has 1 aromatic carbocycles. The van der Waals surface area contributed by atoms with Crippen molar-refractivity contribution in [2.75, 3.05) is 6.61 Å². The fourth-order valence-corrected chi connectivity index (χ4v) is 2.15. The van der Waals surface area contributed by atoms with Gasteiger partial charge in [0.2, 0.25) is 0 Å². The fraction of sp³-hybridized carbons (Fsp3) is 0.231. The van der Waals surface area contributed by atoms with E-state index in [1.807, 2.05) is 25.1 Å². The third kappa shape index (κ3) is 1.18. The first kappa shape index (κ1) is 9.48. The third-order valence-corrected chi connectivity index (χ3v) is 2.98. The Morgan fingerprint density at radius 1 is 1.25 bits per heavy atom. The smallest absolute Gasteiger partial charge is 0.138 e. The molecule has 0 spiro atoms. The van der Waals surface area contributed by atoms with E-state index in [9.17, 15) is 5.11 Å². The van der Waals surface area contributed by atoms with Crippen LogP contribution in [0, 0.1) is 0 Å². The molecule has 2 heterocycles. The average molecular weight is 216 g/mol. The molecule has 3 aromatic rings. The second-order valence-electron chi connectivity index (χ2n) is 4.05. The summed E-state index contributed by atoms with van der Waals surface area (Å²) in [4.78, 5) is 0. The molecule has 0 saturated heterocycles. The Hall–Kier alpha value is -1.74. The van der Waals surface area contributed by atoms with E-state index in [2.05, 4.69) is 0 Å². The van der Waals surface area contributed by atoms with Gasteiger partial charge in [-0.15, -0.1) is 0 Å². The molecule has 1 unspecified atom stereocenters. The van der Waals surface area contributed by atoms with Gasteiger partial charge in [-0.05, 0) is 18.2 Å². The number of aliphatic hydroxyl groups excluding tert-OH is 1. The van der Waals surface area contributed by atoms with Gasteiger partial charge in [0.25, 0.3) is 0 Å². The summed E-state index contributed by atoms with van der Waals surface area (Å²) in [5.74, 6) is 0.0370. The van der Waals surface area contributed by atoms with Gasteiger partial charge < -0.3 is 13.9 Å². The van der Waals surface area contributed by atoms with Crippen LogP contribution in [-0.4, -0.2) is 11.7 Å². The summed E-state index contributed by atoms with van der Waals surface area (Å²) in [6.45, 7) is 2.07. The van der Waals surface area contributed by atoms with Gasteiger partial charge in [0.05, 0.1) is 12.5 Å². The SMILES string of the molecule is CC(CO)c1c2ccoc2cc2ccoc12. The minimum Gasteiger partial charge on any atom is -0.464 e. The summed E-state index contributed by atoms with van der Waals surface area (Å²) in [6.07, 6.45) is 3.33. The minimum atomic E-state index is 0.0370. The maximum absolute atomic E-state index is 9.31. The molecule has 3 nitrogen and oxygen atoms in total. The van der Waals surface area contributed by atoms with Crippen molar-refractivity contribution in [1.29, 1.82) is 0 Å². The number of benzene rings is 1. The Balaban J connectivity index is 2.46. The summed E-state index contributed by atoms with van der Waals surface area (Å²) in [5, 5.41) is 11.3. The average Bonchev–Trinajstić information content (AvgIpc) is 2.91. The van der Waals surface area contributed by atoms with Gasteiger partial charge >= 0.3 is 0 Å². The van der Waals surface area contributed by atoms with Crippen molar-refractivity contribution >= 4 is 21.9 Å². The summed E-state index contributed by atoms with van der Waals surface area (Å²) in [7, 11) is 0. The van der Waals surface area contributed by atoms with Crippen molar-refractivity contribution in [1.82, 2.24) is 0 Å². The fourth-order valence-electron chi connectivity index (χ4n) is 2.15. The monoisotopic (exact) mass is 216 g/mol. The Kier molecular flexibility index (Phi) is 2.01. The minimum absolute atomic E-state index is 0.0370. The largest absolute Gasteiger partial charge is 0.464 e. The predicted molar refractivity (Wildman–Crippen MR) is 61.5 cm³/mol. The normalized spacial score (nSPS) is 13.6. The van der Waals surface area contributed by atoms with Gasteiger partial charge in [0.1, 0.15) is 11.2 Å². The van der Waals surface area contributed by atoms with E-state index in [1.54, 1.807) is 12.5 Å². The van der Waals surface area contributed by atoms with Crippen molar-refractivity contribution < 1.29 is 13.9 Å². The number of furan rings is 2. The van der Waals surface area contributed by atoms with E-state index in [4.69, 9.17) is 8.83 Å². The lowest BCUT2D eigenvalue weighted by Crippen LogP contribution is -1.99. The highest BCUT2D eigenvalue weighted by Gasteiger charge is 2.17. The van der Waals surface area contributed by atoms with Crippen LogP contribution in [0.2, 0.25) is 0 Å². The molecule has 16 heavy (non-hydrogen) atoms. The van der Waals surface area contributed by atoms with Crippen molar-refractivity contribution in [3.8, 4) is 0 Å². The second-order valence-corrected chi connectivity index (χ2v) is 4.05. The van der Waals surface area contributed by atoms with E-state index in [0.29, 0.717) is 0 Å². The van der Waals surface area contributed by atoms with Crippen LogP contribution in [0.5, 0.6) is 0 Å². The van der Waals surface area contributed by atoms with Crippen molar-refractivity contribution in [2.24, 2.45) is 0 Å². The molecule has 82 valence electrons. The molecule has 1 N–H and O–H groups in total. The molecule has 0 amide bonds. The molecule has 0 bridgehead atoms. The van der Waals surface area contributed by atoms with Gasteiger partial charge in [0.15, 0.2) is 0 Å². The lowest BCUT2D eigenvalue weighted by Gasteiger charge is -2.10. The number of aliphatic hydroxyl groups is 1. The second kappa shape index (κ2) is 3.39. The highest BCUT2D eigenvalue weighted by Crippen LogP contribution is 2.34. The van der Waals surface area contributed by atoms with Crippen LogP contribution in [0.25, 0.3) is 21.9 Å². The Bertz CT molecular complexity index is 584. The lowest BCUT2D eigenvalue weighted by molar-refractivity contribution is 0.273. The zero-order valence-corrected chi connectivity index (χ0v) is 8.93. The third-order valence-electron chi connectivity index (χ3n) is 2.98. The maximum Gasteiger partial charge on any atom is 0.138 e. The first-order chi connectivity index (χ1) is 7.81. The van der Waals surface area contributed by atoms with Gasteiger partial charge in [-0.3, -0.25) is 0 Å². The predicted octanol–water partition coefficient (Wildman–Crippen LogP) is 3.27. The zero-order valence-electron chi connectivity index (χ0n) is 8.93. The molecule has 0 aliphatic carbocycles. The first-order valence-corrected chi connectivity index (χ1v) is 5.29. The van der Waals surface area contributed by atoms with Crippen LogP contribution in [0.3, 0.4) is 0 Å². The van der Waals surface area contributed by atoms with Gasteiger partial charge in [-0.1, -0.05) is 6.92 Å². The molecule has 0 radical (unpaired) electrons. The number of hydrogen-bond donors (Lipinski definition) is 1. The lowest BCUT2D eigenvalue weighted by atomic mass is 9.96. The van der Waals surface area contributed by atoms with Crippen LogP contribution in [0.1, 0.15) is 18.4 Å². The van der Waals surface area contributed by atoms with Crippen LogP contribution < -0.4 is 0 Å². The summed E-state index contributed by atoms with van der Waals surface area (Å²) in [5.41, 5.74) is 2.70. The van der Waals surface area contributed by atoms with Gasteiger partial charge in [-0.2, -0.15) is 0 Å². The first-order valence-electron chi connectivity index (χ1n) is 5.29. The molecule has 0 aliphatic rings. The number of rotatable bonds is 2. The maximum atomic E-state index is 9.31. The molecule has 2 aromatic heterocycles. The van der Waals surface area contributed by atoms with E-state index in [-0.39, 0.29) is 12.5 Å². The van der Waals surface area contributed by atoms with Crippen molar-refractivity contribution in [2.45, 2.75) is 12.8 Å². The molecular formula is C13H12O3. The molecule has 3 heteroatoms. The molecular weight excluding hydrogens is 204 g/mol. The van der Waals surface area contributed by atoms with Crippen LogP contribution in [-0.2, 0) is 0 Å². The topological polar surface area (TPSA) is 46.5 Å². The molecule has 1 atom stereocenters. The molecule has 3 rings (SSSR count). The van der Waals surface area contributed by atoms with E-state index < -0.39 is 0 Å². The Morgan fingerprint density at radius 3 is 2.88 bits per heavy atom. The molecule has 0 fully saturated rings. The van der Waals surface area contributed by atoms with Crippen molar-refractivity contribution in [3.63, 3.8) is 0 Å². The van der Waals surface area contributed by atoms with Crippen molar-refractivity contribution in [3.05, 3.63) is 36.3 Å². The summed E-state index contributed by atoms with van der Waals surface area (Å²) >= 11 is 0. The van der Waals surface area contributed by atoms with E-state index >= 15 is 0 Å².